The minimum absolute atomic E-state index is 0. The van der Waals surface area contributed by atoms with Crippen LogP contribution in [0, 0.1) is 17.7 Å². The molecule has 1 radical (unpaired) electrons. The van der Waals surface area contributed by atoms with Gasteiger partial charge >= 0.3 is 0 Å². The summed E-state index contributed by atoms with van der Waals surface area (Å²) in [5.74, 6) is 0.0851. The van der Waals surface area contributed by atoms with Crippen molar-refractivity contribution in [2.75, 3.05) is 0 Å². The van der Waals surface area contributed by atoms with E-state index in [0.717, 1.165) is 23.7 Å². The molecule has 3 aromatic heterocycles. The number of halogens is 2. The topological polar surface area (TPSA) is 65.7 Å². The Balaban J connectivity index is 0.000000237. The Labute approximate surface area is 213 Å². The first-order valence-electron chi connectivity index (χ1n) is 10.6. The van der Waals surface area contributed by atoms with Crippen molar-refractivity contribution in [2.45, 2.75) is 45.8 Å². The fraction of sp³-hybridized carbons (Fsp3) is 0.280. The monoisotopic (exact) mass is 656 g/mol. The summed E-state index contributed by atoms with van der Waals surface area (Å²) >= 11 is 0. The molecule has 0 N–H and O–H groups in total. The molecule has 0 aliphatic heterocycles. The molecule has 1 aromatic carbocycles. The van der Waals surface area contributed by atoms with Gasteiger partial charge in [-0.15, -0.1) is 12.1 Å². The minimum atomic E-state index is -1.41. The average Bonchev–Trinajstić information content (AvgIpc) is 3.25. The van der Waals surface area contributed by atoms with Crippen molar-refractivity contribution in [1.82, 2.24) is 25.1 Å². The van der Waals surface area contributed by atoms with Crippen molar-refractivity contribution < 1.29 is 28.9 Å². The molecule has 9 heteroatoms. The molecule has 0 amide bonds. The normalized spacial score (nSPS) is 11.3. The molecule has 0 spiro atoms. The van der Waals surface area contributed by atoms with Crippen LogP contribution in [0.15, 0.2) is 54.9 Å². The molecule has 0 bridgehead atoms. The number of pyridine rings is 2. The third kappa shape index (κ3) is 7.19. The van der Waals surface area contributed by atoms with Gasteiger partial charge in [0.15, 0.2) is 0 Å². The predicted octanol–water partition coefficient (Wildman–Crippen LogP) is 5.16. The van der Waals surface area contributed by atoms with Crippen molar-refractivity contribution >= 4 is 13.3 Å². The second kappa shape index (κ2) is 11.2. The van der Waals surface area contributed by atoms with Crippen molar-refractivity contribution in [3.63, 3.8) is 0 Å². The zero-order chi connectivity index (χ0) is 24.2. The number of rotatable bonds is 3. The standard InChI is InChI=1S/C14H14F2NSi.C11H13N4.Ir/c1-18(2,3)11-5-7-14(17-9-11)12-6-4-10(15)8-13(12)16;1-11(2,3)10-13-9(14-15-10)8-6-4-5-7-12-8;/h4-5,7-9H,1-3H3;4-7H,1-3H3;/q2*-1;. The Morgan fingerprint density at radius 3 is 2.21 bits per heavy atom. The number of aromatic nitrogens is 5. The van der Waals surface area contributed by atoms with Gasteiger partial charge in [0.05, 0.1) is 13.8 Å². The molecule has 0 aliphatic rings. The molecule has 0 saturated carbocycles. The van der Waals surface area contributed by atoms with Crippen LogP contribution < -0.4 is 10.3 Å². The van der Waals surface area contributed by atoms with Crippen LogP contribution >= 0.6 is 0 Å². The summed E-state index contributed by atoms with van der Waals surface area (Å²) in [6.45, 7) is 12.8. The molecule has 5 nitrogen and oxygen atoms in total. The van der Waals surface area contributed by atoms with E-state index in [2.05, 4.69) is 71.6 Å². The number of hydrogen-bond acceptors (Lipinski definition) is 4. The SMILES string of the molecule is CC(C)(C)c1n[n-]c(-c2ccccn2)n1.C[Si](C)(C)c1ccc(-c2[c-]cc(F)cc2F)nc1.[Ir]. The van der Waals surface area contributed by atoms with Gasteiger partial charge in [-0.05, 0) is 28.8 Å². The van der Waals surface area contributed by atoms with Crippen molar-refractivity contribution in [3.05, 3.63) is 78.4 Å². The molecular weight excluding hydrogens is 629 g/mol. The maximum absolute atomic E-state index is 13.6. The van der Waals surface area contributed by atoms with Crippen LogP contribution in [-0.4, -0.2) is 28.1 Å². The second-order valence-corrected chi connectivity index (χ2v) is 14.7. The second-order valence-electron chi connectivity index (χ2n) is 9.65. The predicted molar refractivity (Wildman–Crippen MR) is 129 cm³/mol. The van der Waals surface area contributed by atoms with Gasteiger partial charge in [-0.3, -0.25) is 18.9 Å². The van der Waals surface area contributed by atoms with Crippen LogP contribution in [0.1, 0.15) is 26.6 Å². The van der Waals surface area contributed by atoms with Crippen molar-refractivity contribution in [3.8, 4) is 22.8 Å². The van der Waals surface area contributed by atoms with Crippen LogP contribution in [0.4, 0.5) is 8.78 Å². The molecule has 4 rings (SSSR count). The van der Waals surface area contributed by atoms with Crippen LogP contribution in [0.5, 0.6) is 0 Å². The fourth-order valence-electron chi connectivity index (χ4n) is 2.79. The maximum atomic E-state index is 13.6. The van der Waals surface area contributed by atoms with Gasteiger partial charge in [-0.25, -0.2) is 0 Å². The van der Waals surface area contributed by atoms with Crippen LogP contribution in [-0.2, 0) is 25.5 Å². The summed E-state index contributed by atoms with van der Waals surface area (Å²) in [7, 11) is -1.41. The zero-order valence-electron chi connectivity index (χ0n) is 20.0. The first-order valence-corrected chi connectivity index (χ1v) is 14.1. The smallest absolute Gasteiger partial charge is 0.0795 e. The third-order valence-electron chi connectivity index (χ3n) is 4.76. The Kier molecular flexibility index (Phi) is 9.11. The molecule has 181 valence electrons. The van der Waals surface area contributed by atoms with Crippen molar-refractivity contribution in [2.24, 2.45) is 0 Å². The summed E-state index contributed by atoms with van der Waals surface area (Å²) in [5, 5.41) is 9.29. The van der Waals surface area contributed by atoms with Crippen LogP contribution in [0.2, 0.25) is 19.6 Å². The van der Waals surface area contributed by atoms with Gasteiger partial charge in [0.2, 0.25) is 0 Å². The number of benzene rings is 1. The van der Waals surface area contributed by atoms with Gasteiger partial charge in [0.1, 0.15) is 0 Å². The Morgan fingerprint density at radius 1 is 0.971 bits per heavy atom. The Hall–Kier alpha value is -2.61. The molecule has 4 aromatic rings. The minimum Gasteiger partial charge on any atom is -0.420 e. The summed E-state index contributed by atoms with van der Waals surface area (Å²) < 4.78 is 26.4. The fourth-order valence-corrected chi connectivity index (χ4v) is 3.82. The number of nitrogens with zero attached hydrogens (tertiary/aromatic N) is 5. The van der Waals surface area contributed by atoms with Crippen molar-refractivity contribution in [1.29, 1.82) is 0 Å². The van der Waals surface area contributed by atoms with Crippen LogP contribution in [0.3, 0.4) is 0 Å². The summed E-state index contributed by atoms with van der Waals surface area (Å²) in [6, 6.07) is 13.9. The van der Waals surface area contributed by atoms with Gasteiger partial charge < -0.3 is 15.1 Å². The third-order valence-corrected chi connectivity index (χ3v) is 6.79. The van der Waals surface area contributed by atoms with E-state index in [0.29, 0.717) is 11.5 Å². The van der Waals surface area contributed by atoms with Gasteiger partial charge in [-0.1, -0.05) is 70.2 Å². The van der Waals surface area contributed by atoms with E-state index in [1.165, 1.54) is 5.19 Å². The summed E-state index contributed by atoms with van der Waals surface area (Å²) in [6.07, 6.45) is 3.50. The van der Waals surface area contributed by atoms with Gasteiger partial charge in [0, 0.05) is 55.4 Å². The molecule has 34 heavy (non-hydrogen) atoms. The average molecular weight is 656 g/mol. The molecule has 3 heterocycles. The molecule has 0 saturated heterocycles. The quantitative estimate of drug-likeness (QED) is 0.226. The largest absolute Gasteiger partial charge is 0.420 e. The zero-order valence-corrected chi connectivity index (χ0v) is 23.4. The Bertz CT molecular complexity index is 1200. The first-order chi connectivity index (χ1) is 15.4. The maximum Gasteiger partial charge on any atom is 0.0795 e. The van der Waals surface area contributed by atoms with E-state index < -0.39 is 19.7 Å². The van der Waals surface area contributed by atoms with E-state index >= 15 is 0 Å². The molecule has 0 aliphatic carbocycles. The molecular formula is C25H27F2IrN5Si-2. The Morgan fingerprint density at radius 2 is 1.71 bits per heavy atom. The molecule has 0 unspecified atom stereocenters. The van der Waals surface area contributed by atoms with E-state index in [1.54, 1.807) is 18.5 Å². The first kappa shape index (κ1) is 27.6. The summed E-state index contributed by atoms with van der Waals surface area (Å²) in [4.78, 5) is 12.8. The van der Waals surface area contributed by atoms with E-state index in [9.17, 15) is 8.78 Å². The van der Waals surface area contributed by atoms with Gasteiger partial charge in [-0.2, -0.15) is 0 Å². The van der Waals surface area contributed by atoms with Crippen LogP contribution in [0.25, 0.3) is 22.8 Å². The van der Waals surface area contributed by atoms with E-state index in [-0.39, 0.29) is 31.1 Å². The molecule has 0 fully saturated rings. The van der Waals surface area contributed by atoms with E-state index in [4.69, 9.17) is 0 Å². The molecule has 0 atom stereocenters. The summed E-state index contributed by atoms with van der Waals surface area (Å²) in [5.41, 5.74) is 1.38. The van der Waals surface area contributed by atoms with Gasteiger partial charge in [0.25, 0.3) is 0 Å². The number of hydrogen-bond donors (Lipinski definition) is 0. The van der Waals surface area contributed by atoms with E-state index in [1.807, 2.05) is 24.3 Å².